The van der Waals surface area contributed by atoms with Crippen molar-refractivity contribution in [3.63, 3.8) is 0 Å². The standard InChI is InChI=1S/C21H13Cl2F3N2O3/c22-13-8-9-16(15(11-13)21(24,25)26)28-19(29)17(12-5-2-1-3-6-12)31-20(30)14-7-4-10-27-18(14)23/h1-11,17H,(H,28,29)/t17-/m0/s1. The number of hydrogen-bond donors (Lipinski definition) is 1. The highest BCUT2D eigenvalue weighted by molar-refractivity contribution is 6.32. The molecule has 0 spiro atoms. The molecule has 0 radical (unpaired) electrons. The fourth-order valence-corrected chi connectivity index (χ4v) is 3.04. The van der Waals surface area contributed by atoms with Gasteiger partial charge in [-0.2, -0.15) is 13.2 Å². The normalized spacial score (nSPS) is 12.2. The molecule has 160 valence electrons. The van der Waals surface area contributed by atoms with E-state index >= 15 is 0 Å². The van der Waals surface area contributed by atoms with Gasteiger partial charge in [-0.3, -0.25) is 4.79 Å². The van der Waals surface area contributed by atoms with Gasteiger partial charge >= 0.3 is 12.1 Å². The number of aromatic nitrogens is 1. The second-order valence-electron chi connectivity index (χ2n) is 6.21. The summed E-state index contributed by atoms with van der Waals surface area (Å²) in [5.74, 6) is -1.96. The Morgan fingerprint density at radius 2 is 1.71 bits per heavy atom. The Morgan fingerprint density at radius 3 is 2.35 bits per heavy atom. The summed E-state index contributed by atoms with van der Waals surface area (Å²) in [5.41, 5.74) is -1.52. The first-order valence-corrected chi connectivity index (χ1v) is 9.46. The molecule has 0 aliphatic rings. The van der Waals surface area contributed by atoms with Gasteiger partial charge < -0.3 is 10.1 Å². The van der Waals surface area contributed by atoms with Gasteiger partial charge in [0.2, 0.25) is 6.10 Å². The summed E-state index contributed by atoms with van der Waals surface area (Å²) in [7, 11) is 0. The van der Waals surface area contributed by atoms with Crippen LogP contribution in [0.5, 0.6) is 0 Å². The number of carbonyl (C=O) groups is 2. The molecule has 1 aromatic heterocycles. The Bertz CT molecular complexity index is 1110. The summed E-state index contributed by atoms with van der Waals surface area (Å²) < 4.78 is 45.4. The lowest BCUT2D eigenvalue weighted by atomic mass is 10.1. The molecule has 0 aliphatic carbocycles. The van der Waals surface area contributed by atoms with Gasteiger partial charge in [0.25, 0.3) is 5.91 Å². The molecule has 1 N–H and O–H groups in total. The lowest BCUT2D eigenvalue weighted by Crippen LogP contribution is -2.27. The van der Waals surface area contributed by atoms with Crippen molar-refractivity contribution in [2.45, 2.75) is 12.3 Å². The van der Waals surface area contributed by atoms with Crippen LogP contribution >= 0.6 is 23.2 Å². The molecule has 0 fully saturated rings. The Balaban J connectivity index is 1.93. The molecule has 3 rings (SSSR count). The predicted octanol–water partition coefficient (Wildman–Crippen LogP) is 5.94. The first kappa shape index (κ1) is 22.6. The first-order valence-electron chi connectivity index (χ1n) is 8.71. The fraction of sp³-hybridized carbons (Fsp3) is 0.0952. The zero-order chi connectivity index (χ0) is 22.6. The number of hydrogen-bond acceptors (Lipinski definition) is 4. The molecule has 3 aromatic rings. The zero-order valence-electron chi connectivity index (χ0n) is 15.5. The van der Waals surface area contributed by atoms with E-state index in [9.17, 15) is 22.8 Å². The number of pyridine rings is 1. The third kappa shape index (κ3) is 5.53. The van der Waals surface area contributed by atoms with E-state index in [4.69, 9.17) is 27.9 Å². The van der Waals surface area contributed by atoms with Crippen molar-refractivity contribution >= 4 is 40.8 Å². The van der Waals surface area contributed by atoms with Crippen LogP contribution < -0.4 is 5.32 Å². The monoisotopic (exact) mass is 468 g/mol. The number of amides is 1. The van der Waals surface area contributed by atoms with E-state index in [-0.39, 0.29) is 21.3 Å². The molecule has 0 aliphatic heterocycles. The van der Waals surface area contributed by atoms with Crippen molar-refractivity contribution in [1.82, 2.24) is 4.98 Å². The van der Waals surface area contributed by atoms with Crippen molar-refractivity contribution in [1.29, 1.82) is 0 Å². The third-order valence-electron chi connectivity index (χ3n) is 4.09. The van der Waals surface area contributed by atoms with E-state index in [1.54, 1.807) is 18.2 Å². The molecule has 31 heavy (non-hydrogen) atoms. The number of esters is 1. The maximum atomic E-state index is 13.4. The SMILES string of the molecule is O=C(O[C@H](C(=O)Nc1ccc(Cl)cc1C(F)(F)F)c1ccccc1)c1cccnc1Cl. The van der Waals surface area contributed by atoms with Crippen molar-refractivity contribution in [2.75, 3.05) is 5.32 Å². The van der Waals surface area contributed by atoms with Crippen LogP contribution in [0.2, 0.25) is 10.2 Å². The van der Waals surface area contributed by atoms with Gasteiger partial charge in [-0.15, -0.1) is 0 Å². The van der Waals surface area contributed by atoms with Crippen LogP contribution in [0.3, 0.4) is 0 Å². The molecule has 5 nitrogen and oxygen atoms in total. The topological polar surface area (TPSA) is 68.3 Å². The van der Waals surface area contributed by atoms with Gasteiger partial charge in [0.15, 0.2) is 0 Å². The van der Waals surface area contributed by atoms with Crippen LogP contribution in [0.15, 0.2) is 66.9 Å². The van der Waals surface area contributed by atoms with Gasteiger partial charge in [0.1, 0.15) is 5.15 Å². The molecule has 0 saturated carbocycles. The van der Waals surface area contributed by atoms with Crippen molar-refractivity contribution in [3.05, 3.63) is 93.7 Å². The minimum absolute atomic E-state index is 0.0969. The Hall–Kier alpha value is -3.10. The van der Waals surface area contributed by atoms with Crippen LogP contribution in [-0.4, -0.2) is 16.9 Å². The number of anilines is 1. The van der Waals surface area contributed by atoms with Crippen LogP contribution in [0.4, 0.5) is 18.9 Å². The van der Waals surface area contributed by atoms with E-state index in [2.05, 4.69) is 10.3 Å². The second kappa shape index (κ2) is 9.36. The van der Waals surface area contributed by atoms with Crippen molar-refractivity contribution in [3.8, 4) is 0 Å². The first-order chi connectivity index (χ1) is 14.7. The number of halogens is 5. The summed E-state index contributed by atoms with van der Waals surface area (Å²) in [4.78, 5) is 29.2. The molecule has 1 heterocycles. The van der Waals surface area contributed by atoms with Crippen LogP contribution in [0.25, 0.3) is 0 Å². The van der Waals surface area contributed by atoms with E-state index in [0.29, 0.717) is 6.07 Å². The van der Waals surface area contributed by atoms with E-state index in [1.807, 2.05) is 0 Å². The highest BCUT2D eigenvalue weighted by atomic mass is 35.5. The summed E-state index contributed by atoms with van der Waals surface area (Å²) in [6, 6.07) is 13.5. The highest BCUT2D eigenvalue weighted by Crippen LogP contribution is 2.37. The molecule has 1 atom stereocenters. The van der Waals surface area contributed by atoms with E-state index < -0.39 is 35.4 Å². The Kier molecular flexibility index (Phi) is 6.82. The second-order valence-corrected chi connectivity index (χ2v) is 7.01. The minimum Gasteiger partial charge on any atom is -0.444 e. The van der Waals surface area contributed by atoms with Gasteiger partial charge in [0.05, 0.1) is 16.8 Å². The molecule has 2 aromatic carbocycles. The van der Waals surface area contributed by atoms with Gasteiger partial charge in [-0.25, -0.2) is 9.78 Å². The van der Waals surface area contributed by atoms with Crippen LogP contribution in [-0.2, 0) is 15.7 Å². The quantitative estimate of drug-likeness (QED) is 0.371. The van der Waals surface area contributed by atoms with Crippen molar-refractivity contribution in [2.24, 2.45) is 0 Å². The number of carbonyl (C=O) groups excluding carboxylic acids is 2. The summed E-state index contributed by atoms with van der Waals surface area (Å²) in [6.45, 7) is 0. The van der Waals surface area contributed by atoms with Crippen LogP contribution in [0.1, 0.15) is 27.6 Å². The maximum Gasteiger partial charge on any atom is 0.418 e. The lowest BCUT2D eigenvalue weighted by molar-refractivity contribution is -0.137. The Labute approximate surface area is 184 Å². The molecule has 0 unspecified atom stereocenters. The molecule has 0 saturated heterocycles. The molecular formula is C21H13Cl2F3N2O3. The number of nitrogens with one attached hydrogen (secondary N) is 1. The molecular weight excluding hydrogens is 456 g/mol. The summed E-state index contributed by atoms with van der Waals surface area (Å²) in [5, 5.41) is 1.88. The number of benzene rings is 2. The smallest absolute Gasteiger partial charge is 0.418 e. The number of rotatable bonds is 5. The molecule has 10 heteroatoms. The van der Waals surface area contributed by atoms with Gasteiger partial charge in [-0.1, -0.05) is 53.5 Å². The minimum atomic E-state index is -4.77. The average Bonchev–Trinajstić information content (AvgIpc) is 2.73. The molecule has 0 bridgehead atoms. The van der Waals surface area contributed by atoms with Crippen molar-refractivity contribution < 1.29 is 27.5 Å². The Morgan fingerprint density at radius 1 is 1.00 bits per heavy atom. The summed E-state index contributed by atoms with van der Waals surface area (Å²) in [6.07, 6.45) is -4.96. The van der Waals surface area contributed by atoms with E-state index in [0.717, 1.165) is 6.07 Å². The number of ether oxygens (including phenoxy) is 1. The van der Waals surface area contributed by atoms with Gasteiger partial charge in [-0.05, 0) is 30.3 Å². The maximum absolute atomic E-state index is 13.4. The van der Waals surface area contributed by atoms with Crippen LogP contribution in [0, 0.1) is 0 Å². The van der Waals surface area contributed by atoms with E-state index in [1.165, 1.54) is 36.5 Å². The predicted molar refractivity (Wildman–Crippen MR) is 109 cm³/mol. The molecule has 1 amide bonds. The van der Waals surface area contributed by atoms with Gasteiger partial charge in [0, 0.05) is 16.8 Å². The zero-order valence-corrected chi connectivity index (χ0v) is 17.0. The largest absolute Gasteiger partial charge is 0.444 e. The lowest BCUT2D eigenvalue weighted by Gasteiger charge is -2.20. The highest BCUT2D eigenvalue weighted by Gasteiger charge is 2.35. The number of nitrogens with zero attached hydrogens (tertiary/aromatic N) is 1. The third-order valence-corrected chi connectivity index (χ3v) is 4.63. The average molecular weight is 469 g/mol. The summed E-state index contributed by atoms with van der Waals surface area (Å²) >= 11 is 11.6. The number of alkyl halides is 3. The fourth-order valence-electron chi connectivity index (χ4n) is 2.67.